The molecule has 1 heterocycles. The second-order valence-corrected chi connectivity index (χ2v) is 4.74. The molecule has 3 atom stereocenters. The van der Waals surface area contributed by atoms with Crippen LogP contribution in [-0.4, -0.2) is 34.6 Å². The van der Waals surface area contributed by atoms with Gasteiger partial charge < -0.3 is 15.8 Å². The molecule has 1 aliphatic rings. The fourth-order valence-corrected chi connectivity index (χ4v) is 2.24. The van der Waals surface area contributed by atoms with E-state index < -0.39 is 0 Å². The SMILES string of the molecule is CCOC1CC(N)C1Nc1cnn(C)c(=O)c1Cl. The summed E-state index contributed by atoms with van der Waals surface area (Å²) in [5.41, 5.74) is 6.09. The second-order valence-electron chi connectivity index (χ2n) is 4.36. The average Bonchev–Trinajstić information content (AvgIpc) is 2.35. The van der Waals surface area contributed by atoms with Gasteiger partial charge in [0, 0.05) is 19.7 Å². The van der Waals surface area contributed by atoms with Crippen LogP contribution in [-0.2, 0) is 11.8 Å². The highest BCUT2D eigenvalue weighted by molar-refractivity contribution is 6.32. The van der Waals surface area contributed by atoms with Crippen molar-refractivity contribution in [1.82, 2.24) is 9.78 Å². The Morgan fingerprint density at radius 2 is 2.44 bits per heavy atom. The number of aryl methyl sites for hydroxylation is 1. The van der Waals surface area contributed by atoms with E-state index in [1.165, 1.54) is 10.9 Å². The van der Waals surface area contributed by atoms with E-state index in [4.69, 9.17) is 22.1 Å². The van der Waals surface area contributed by atoms with E-state index in [0.717, 1.165) is 6.42 Å². The number of anilines is 1. The molecule has 3 unspecified atom stereocenters. The first-order valence-corrected chi connectivity index (χ1v) is 6.28. The number of hydrogen-bond donors (Lipinski definition) is 2. The third-order valence-electron chi connectivity index (χ3n) is 3.15. The summed E-state index contributed by atoms with van der Waals surface area (Å²) in [5, 5.41) is 7.19. The van der Waals surface area contributed by atoms with Crippen LogP contribution in [0, 0.1) is 0 Å². The largest absolute Gasteiger partial charge is 0.376 e. The van der Waals surface area contributed by atoms with Gasteiger partial charge in [0.15, 0.2) is 0 Å². The zero-order valence-electron chi connectivity index (χ0n) is 10.4. The number of nitrogens with two attached hydrogens (primary N) is 1. The van der Waals surface area contributed by atoms with Gasteiger partial charge in [0.2, 0.25) is 0 Å². The lowest BCUT2D eigenvalue weighted by molar-refractivity contribution is -0.0126. The Kier molecular flexibility index (Phi) is 3.89. The van der Waals surface area contributed by atoms with E-state index in [0.29, 0.717) is 12.3 Å². The van der Waals surface area contributed by atoms with Gasteiger partial charge in [-0.3, -0.25) is 4.79 Å². The standard InChI is InChI=1S/C11H17ClN4O2/c1-3-18-8-4-6(13)10(8)15-7-5-14-16(2)11(17)9(7)12/h5-6,8,10,15H,3-4,13H2,1-2H3. The summed E-state index contributed by atoms with van der Waals surface area (Å²) >= 11 is 5.98. The van der Waals surface area contributed by atoms with Crippen LogP contribution in [0.2, 0.25) is 5.02 Å². The van der Waals surface area contributed by atoms with E-state index in [1.54, 1.807) is 7.05 Å². The van der Waals surface area contributed by atoms with Crippen molar-refractivity contribution in [2.75, 3.05) is 11.9 Å². The van der Waals surface area contributed by atoms with Crippen LogP contribution in [0.3, 0.4) is 0 Å². The first-order chi connectivity index (χ1) is 8.54. The minimum atomic E-state index is -0.331. The fourth-order valence-electron chi connectivity index (χ4n) is 2.02. The van der Waals surface area contributed by atoms with Gasteiger partial charge in [0.25, 0.3) is 5.56 Å². The molecule has 2 rings (SSSR count). The van der Waals surface area contributed by atoms with Crippen LogP contribution in [0.5, 0.6) is 0 Å². The molecule has 1 aromatic heterocycles. The maximum atomic E-state index is 11.6. The first-order valence-electron chi connectivity index (χ1n) is 5.90. The van der Waals surface area contributed by atoms with Gasteiger partial charge in [-0.15, -0.1) is 0 Å². The number of nitrogens with zero attached hydrogens (tertiary/aromatic N) is 2. The van der Waals surface area contributed by atoms with E-state index in [2.05, 4.69) is 10.4 Å². The molecule has 1 fully saturated rings. The summed E-state index contributed by atoms with van der Waals surface area (Å²) in [4.78, 5) is 11.6. The Balaban J connectivity index is 2.14. The van der Waals surface area contributed by atoms with Crippen LogP contribution < -0.4 is 16.6 Å². The quantitative estimate of drug-likeness (QED) is 0.827. The number of aromatic nitrogens is 2. The van der Waals surface area contributed by atoms with Crippen molar-refractivity contribution in [3.63, 3.8) is 0 Å². The molecule has 100 valence electrons. The molecule has 0 aromatic carbocycles. The lowest BCUT2D eigenvalue weighted by Crippen LogP contribution is -2.60. The van der Waals surface area contributed by atoms with Crippen molar-refractivity contribution in [2.45, 2.75) is 31.5 Å². The lowest BCUT2D eigenvalue weighted by atomic mass is 9.83. The van der Waals surface area contributed by atoms with Crippen LogP contribution >= 0.6 is 11.6 Å². The molecule has 7 heteroatoms. The van der Waals surface area contributed by atoms with Gasteiger partial charge >= 0.3 is 0 Å². The normalized spacial score (nSPS) is 26.8. The van der Waals surface area contributed by atoms with Crippen LogP contribution in [0.1, 0.15) is 13.3 Å². The molecule has 1 aromatic rings. The van der Waals surface area contributed by atoms with Gasteiger partial charge in [-0.05, 0) is 13.3 Å². The molecule has 0 aliphatic heterocycles. The maximum absolute atomic E-state index is 11.6. The van der Waals surface area contributed by atoms with Crippen LogP contribution in [0.25, 0.3) is 0 Å². The highest BCUT2D eigenvalue weighted by Gasteiger charge is 2.39. The fraction of sp³-hybridized carbons (Fsp3) is 0.636. The molecular formula is C11H17ClN4O2. The number of nitrogens with one attached hydrogen (secondary N) is 1. The van der Waals surface area contributed by atoms with E-state index >= 15 is 0 Å². The van der Waals surface area contributed by atoms with Gasteiger partial charge in [-0.1, -0.05) is 11.6 Å². The zero-order valence-corrected chi connectivity index (χ0v) is 11.1. The summed E-state index contributed by atoms with van der Waals surface area (Å²) in [6.07, 6.45) is 2.39. The molecule has 0 amide bonds. The van der Waals surface area contributed by atoms with Crippen molar-refractivity contribution < 1.29 is 4.74 Å². The van der Waals surface area contributed by atoms with Crippen molar-refractivity contribution in [3.8, 4) is 0 Å². The molecule has 3 N–H and O–H groups in total. The van der Waals surface area contributed by atoms with Gasteiger partial charge in [0.1, 0.15) is 5.02 Å². The van der Waals surface area contributed by atoms with E-state index in [1.807, 2.05) is 6.92 Å². The Hall–Kier alpha value is -1.11. The number of halogens is 1. The molecule has 0 spiro atoms. The van der Waals surface area contributed by atoms with Gasteiger partial charge in [0.05, 0.1) is 24.0 Å². The third kappa shape index (κ3) is 2.36. The van der Waals surface area contributed by atoms with Gasteiger partial charge in [-0.2, -0.15) is 5.10 Å². The monoisotopic (exact) mass is 272 g/mol. The topological polar surface area (TPSA) is 82.2 Å². The third-order valence-corrected chi connectivity index (χ3v) is 3.51. The minimum absolute atomic E-state index is 0.00155. The molecule has 6 nitrogen and oxygen atoms in total. The van der Waals surface area contributed by atoms with E-state index in [9.17, 15) is 4.79 Å². The van der Waals surface area contributed by atoms with Gasteiger partial charge in [-0.25, -0.2) is 4.68 Å². The Morgan fingerprint density at radius 1 is 1.72 bits per heavy atom. The second kappa shape index (κ2) is 5.26. The summed E-state index contributed by atoms with van der Waals surface area (Å²) in [5.74, 6) is 0. The molecule has 18 heavy (non-hydrogen) atoms. The molecule has 0 bridgehead atoms. The van der Waals surface area contributed by atoms with E-state index in [-0.39, 0.29) is 28.8 Å². The zero-order chi connectivity index (χ0) is 13.3. The van der Waals surface area contributed by atoms with Crippen molar-refractivity contribution in [2.24, 2.45) is 12.8 Å². The average molecular weight is 273 g/mol. The van der Waals surface area contributed by atoms with Crippen molar-refractivity contribution in [1.29, 1.82) is 0 Å². The summed E-state index contributed by atoms with van der Waals surface area (Å²) in [6, 6.07) is -0.0296. The summed E-state index contributed by atoms with van der Waals surface area (Å²) in [7, 11) is 1.55. The lowest BCUT2D eigenvalue weighted by Gasteiger charge is -2.43. The predicted octanol–water partition coefficient (Wildman–Crippen LogP) is 0.350. The van der Waals surface area contributed by atoms with Crippen molar-refractivity contribution >= 4 is 17.3 Å². The Labute approximate surface area is 110 Å². The first kappa shape index (κ1) is 13.3. The maximum Gasteiger partial charge on any atom is 0.287 e. The Bertz CT molecular complexity index is 488. The predicted molar refractivity (Wildman–Crippen MR) is 69.9 cm³/mol. The Morgan fingerprint density at radius 3 is 3.06 bits per heavy atom. The minimum Gasteiger partial charge on any atom is -0.376 e. The van der Waals surface area contributed by atoms with Crippen molar-refractivity contribution in [3.05, 3.63) is 21.6 Å². The molecule has 1 aliphatic carbocycles. The molecule has 0 radical (unpaired) electrons. The molecule has 0 saturated heterocycles. The number of hydrogen-bond acceptors (Lipinski definition) is 5. The highest BCUT2D eigenvalue weighted by Crippen LogP contribution is 2.27. The van der Waals surface area contributed by atoms with Crippen LogP contribution in [0.4, 0.5) is 5.69 Å². The smallest absolute Gasteiger partial charge is 0.287 e. The highest BCUT2D eigenvalue weighted by atomic mass is 35.5. The summed E-state index contributed by atoms with van der Waals surface area (Å²) < 4.78 is 6.73. The summed E-state index contributed by atoms with van der Waals surface area (Å²) in [6.45, 7) is 2.58. The molecule has 1 saturated carbocycles. The van der Waals surface area contributed by atoms with Crippen LogP contribution in [0.15, 0.2) is 11.0 Å². The number of rotatable bonds is 4. The number of ether oxygens (including phenoxy) is 1. The molecular weight excluding hydrogens is 256 g/mol.